The number of piperidine rings is 1. The SMILES string of the molecule is O=C(N[C@H]1CCO[C@H]1C(=O)N1CCCC(C(=O)O)C1)OCC1c2ccccc2-c2ccccc21. The Morgan fingerprint density at radius 2 is 1.71 bits per heavy atom. The van der Waals surface area contributed by atoms with E-state index in [0.717, 1.165) is 22.3 Å². The molecule has 2 saturated heterocycles. The van der Waals surface area contributed by atoms with Crippen molar-refractivity contribution >= 4 is 18.0 Å². The van der Waals surface area contributed by atoms with Crippen molar-refractivity contribution in [1.29, 1.82) is 0 Å². The van der Waals surface area contributed by atoms with Crippen LogP contribution in [0.3, 0.4) is 0 Å². The van der Waals surface area contributed by atoms with Crippen LogP contribution in [0.4, 0.5) is 4.79 Å². The summed E-state index contributed by atoms with van der Waals surface area (Å²) in [6.45, 7) is 1.21. The standard InChI is InChI=1S/C26H28N2O6/c29-24(28-12-5-6-16(14-28)25(30)31)23-22(11-13-33-23)27-26(32)34-15-21-19-9-3-1-7-17(19)18-8-2-4-10-20(18)21/h1-4,7-10,16,21-23H,5-6,11-15H2,(H,27,32)(H,30,31)/t16?,22-,23+/m0/s1. The molecular formula is C26H28N2O6. The second-order valence-electron chi connectivity index (χ2n) is 9.12. The van der Waals surface area contributed by atoms with Gasteiger partial charge in [0.2, 0.25) is 0 Å². The summed E-state index contributed by atoms with van der Waals surface area (Å²) < 4.78 is 11.3. The molecule has 34 heavy (non-hydrogen) atoms. The summed E-state index contributed by atoms with van der Waals surface area (Å²) in [4.78, 5) is 38.6. The van der Waals surface area contributed by atoms with E-state index in [4.69, 9.17) is 9.47 Å². The number of alkyl carbamates (subject to hydrolysis) is 1. The summed E-state index contributed by atoms with van der Waals surface area (Å²) in [6, 6.07) is 15.7. The van der Waals surface area contributed by atoms with Crippen molar-refractivity contribution in [3.63, 3.8) is 0 Å². The van der Waals surface area contributed by atoms with E-state index in [1.165, 1.54) is 0 Å². The maximum atomic E-state index is 13.0. The van der Waals surface area contributed by atoms with Gasteiger partial charge in [-0.3, -0.25) is 9.59 Å². The van der Waals surface area contributed by atoms with Gasteiger partial charge in [0.05, 0.1) is 12.0 Å². The van der Waals surface area contributed by atoms with Crippen molar-refractivity contribution in [3.8, 4) is 11.1 Å². The van der Waals surface area contributed by atoms with Crippen LogP contribution in [0.1, 0.15) is 36.3 Å². The maximum absolute atomic E-state index is 13.0. The van der Waals surface area contributed by atoms with Gasteiger partial charge in [-0.25, -0.2) is 4.79 Å². The number of hydrogen-bond donors (Lipinski definition) is 2. The summed E-state index contributed by atoms with van der Waals surface area (Å²) in [5.74, 6) is -1.77. The van der Waals surface area contributed by atoms with E-state index < -0.39 is 30.1 Å². The van der Waals surface area contributed by atoms with E-state index in [2.05, 4.69) is 29.6 Å². The molecule has 2 aromatic carbocycles. The number of nitrogens with one attached hydrogen (secondary N) is 1. The van der Waals surface area contributed by atoms with E-state index in [9.17, 15) is 19.5 Å². The van der Waals surface area contributed by atoms with Crippen LogP contribution in [0, 0.1) is 5.92 Å². The number of carboxylic acids is 1. The van der Waals surface area contributed by atoms with Crippen LogP contribution in [0.2, 0.25) is 0 Å². The average molecular weight is 465 g/mol. The lowest BCUT2D eigenvalue weighted by molar-refractivity contribution is -0.149. The zero-order chi connectivity index (χ0) is 23.7. The summed E-state index contributed by atoms with van der Waals surface area (Å²) >= 11 is 0. The first-order valence-corrected chi connectivity index (χ1v) is 11.8. The summed E-state index contributed by atoms with van der Waals surface area (Å²) in [5, 5.41) is 12.1. The molecule has 1 unspecified atom stereocenters. The third-order valence-electron chi connectivity index (χ3n) is 7.06. The Morgan fingerprint density at radius 3 is 2.38 bits per heavy atom. The normalized spacial score (nSPS) is 23.8. The molecule has 8 nitrogen and oxygen atoms in total. The minimum atomic E-state index is -0.891. The lowest BCUT2D eigenvalue weighted by Gasteiger charge is -2.33. The van der Waals surface area contributed by atoms with E-state index in [-0.39, 0.29) is 25.0 Å². The van der Waals surface area contributed by atoms with Gasteiger partial charge >= 0.3 is 12.1 Å². The largest absolute Gasteiger partial charge is 0.481 e. The maximum Gasteiger partial charge on any atom is 0.407 e. The van der Waals surface area contributed by atoms with Crippen molar-refractivity contribution in [2.24, 2.45) is 5.92 Å². The molecule has 0 saturated carbocycles. The first-order chi connectivity index (χ1) is 16.5. The monoisotopic (exact) mass is 464 g/mol. The van der Waals surface area contributed by atoms with Gasteiger partial charge in [0.1, 0.15) is 6.61 Å². The summed E-state index contributed by atoms with van der Waals surface area (Å²) in [6.07, 6.45) is 0.285. The number of benzene rings is 2. The number of aliphatic carboxylic acids is 1. The van der Waals surface area contributed by atoms with Gasteiger partial charge in [0.25, 0.3) is 5.91 Å². The molecular weight excluding hydrogens is 436 g/mol. The molecule has 0 radical (unpaired) electrons. The minimum absolute atomic E-state index is 0.0447. The van der Waals surface area contributed by atoms with Crippen molar-refractivity contribution < 1.29 is 29.0 Å². The van der Waals surface area contributed by atoms with Gasteiger partial charge in [0.15, 0.2) is 6.10 Å². The minimum Gasteiger partial charge on any atom is -0.481 e. The highest BCUT2D eigenvalue weighted by Gasteiger charge is 2.40. The first-order valence-electron chi connectivity index (χ1n) is 11.8. The van der Waals surface area contributed by atoms with Crippen LogP contribution < -0.4 is 5.32 Å². The lowest BCUT2D eigenvalue weighted by atomic mass is 9.97. The number of hydrogen-bond acceptors (Lipinski definition) is 5. The molecule has 1 aliphatic carbocycles. The number of nitrogens with zero attached hydrogens (tertiary/aromatic N) is 1. The van der Waals surface area contributed by atoms with Crippen LogP contribution in [0.25, 0.3) is 11.1 Å². The van der Waals surface area contributed by atoms with Gasteiger partial charge in [-0.2, -0.15) is 0 Å². The number of carbonyl (C=O) groups is 3. The molecule has 178 valence electrons. The molecule has 5 rings (SSSR count). The molecule has 3 aliphatic rings. The van der Waals surface area contributed by atoms with Crippen LogP contribution >= 0.6 is 0 Å². The molecule has 0 bridgehead atoms. The molecule has 2 aromatic rings. The summed E-state index contributed by atoms with van der Waals surface area (Å²) in [7, 11) is 0. The molecule has 2 N–H and O–H groups in total. The molecule has 2 amide bonds. The quantitative estimate of drug-likeness (QED) is 0.705. The Balaban J connectivity index is 1.20. The van der Waals surface area contributed by atoms with Gasteiger partial charge in [-0.15, -0.1) is 0 Å². The fourth-order valence-corrected chi connectivity index (χ4v) is 5.33. The van der Waals surface area contributed by atoms with E-state index in [1.807, 2.05) is 24.3 Å². The predicted octanol–water partition coefficient (Wildman–Crippen LogP) is 3.01. The van der Waals surface area contributed by atoms with Crippen LogP contribution in [0.5, 0.6) is 0 Å². The van der Waals surface area contributed by atoms with E-state index >= 15 is 0 Å². The third-order valence-corrected chi connectivity index (χ3v) is 7.06. The zero-order valence-corrected chi connectivity index (χ0v) is 18.8. The molecule has 0 aromatic heterocycles. The summed E-state index contributed by atoms with van der Waals surface area (Å²) in [5.41, 5.74) is 4.57. The van der Waals surface area contributed by atoms with Gasteiger partial charge in [0, 0.05) is 25.6 Å². The number of fused-ring (bicyclic) bond motifs is 3. The van der Waals surface area contributed by atoms with Gasteiger partial charge < -0.3 is 24.8 Å². The zero-order valence-electron chi connectivity index (χ0n) is 18.8. The van der Waals surface area contributed by atoms with Crippen molar-refractivity contribution in [2.75, 3.05) is 26.3 Å². The van der Waals surface area contributed by atoms with Gasteiger partial charge in [-0.05, 0) is 41.5 Å². The number of carboxylic acid groups (broad SMARTS) is 1. The molecule has 8 heteroatoms. The second-order valence-corrected chi connectivity index (χ2v) is 9.12. The highest BCUT2D eigenvalue weighted by Crippen LogP contribution is 2.44. The highest BCUT2D eigenvalue weighted by molar-refractivity contribution is 5.84. The second kappa shape index (κ2) is 9.46. The average Bonchev–Trinajstić information content (AvgIpc) is 3.44. The van der Waals surface area contributed by atoms with Crippen LogP contribution in [0.15, 0.2) is 48.5 Å². The predicted molar refractivity (Wildman–Crippen MR) is 123 cm³/mol. The van der Waals surface area contributed by atoms with Crippen molar-refractivity contribution in [3.05, 3.63) is 59.7 Å². The Kier molecular flexibility index (Phi) is 6.24. The Morgan fingerprint density at radius 1 is 1.03 bits per heavy atom. The lowest BCUT2D eigenvalue weighted by Crippen LogP contribution is -2.52. The number of carbonyl (C=O) groups excluding carboxylic acids is 2. The van der Waals surface area contributed by atoms with Gasteiger partial charge in [-0.1, -0.05) is 48.5 Å². The Labute approximate surface area is 197 Å². The van der Waals surface area contributed by atoms with E-state index in [1.54, 1.807) is 4.90 Å². The topological polar surface area (TPSA) is 105 Å². The molecule has 0 spiro atoms. The fourth-order valence-electron chi connectivity index (χ4n) is 5.33. The number of rotatable bonds is 5. The highest BCUT2D eigenvalue weighted by atomic mass is 16.6. The van der Waals surface area contributed by atoms with E-state index in [0.29, 0.717) is 32.4 Å². The van der Waals surface area contributed by atoms with Crippen molar-refractivity contribution in [2.45, 2.75) is 37.3 Å². The number of likely N-dealkylation sites (tertiary alicyclic amines) is 1. The molecule has 2 aliphatic heterocycles. The van der Waals surface area contributed by atoms with Crippen LogP contribution in [-0.4, -0.2) is 66.4 Å². The third kappa shape index (κ3) is 4.25. The smallest absolute Gasteiger partial charge is 0.407 e. The fraction of sp³-hybridized carbons (Fsp3) is 0.423. The number of amides is 2. The molecule has 2 heterocycles. The molecule has 2 fully saturated rings. The molecule has 3 atom stereocenters. The number of ether oxygens (including phenoxy) is 2. The van der Waals surface area contributed by atoms with Crippen LogP contribution in [-0.2, 0) is 19.1 Å². The Hall–Kier alpha value is -3.39. The Bertz CT molecular complexity index is 1060. The van der Waals surface area contributed by atoms with Crippen molar-refractivity contribution in [1.82, 2.24) is 10.2 Å². The first kappa shape index (κ1) is 22.4.